The fourth-order valence-corrected chi connectivity index (χ4v) is 2.89. The van der Waals surface area contributed by atoms with Crippen molar-refractivity contribution in [1.82, 2.24) is 0 Å². The van der Waals surface area contributed by atoms with Crippen molar-refractivity contribution in [3.05, 3.63) is 35.9 Å². The molecule has 2 N–H and O–H groups in total. The van der Waals surface area contributed by atoms with Crippen LogP contribution >= 0.6 is 0 Å². The lowest BCUT2D eigenvalue weighted by Crippen LogP contribution is -2.34. The number of rotatable bonds is 3. The zero-order valence-electron chi connectivity index (χ0n) is 14.8. The summed E-state index contributed by atoms with van der Waals surface area (Å²) in [7, 11) is 1.50. The van der Waals surface area contributed by atoms with Gasteiger partial charge in [-0.3, -0.25) is 9.59 Å². The van der Waals surface area contributed by atoms with Gasteiger partial charge in [0.1, 0.15) is 19.0 Å². The van der Waals surface area contributed by atoms with E-state index in [-0.39, 0.29) is 11.8 Å². The van der Waals surface area contributed by atoms with Crippen molar-refractivity contribution in [3.8, 4) is 23.0 Å². The molecule has 2 aromatic rings. The van der Waals surface area contributed by atoms with Gasteiger partial charge in [-0.05, 0) is 37.3 Å². The molecule has 2 aliphatic heterocycles. The molecule has 4 rings (SSSR count). The number of anilines is 2. The minimum atomic E-state index is -0.553. The van der Waals surface area contributed by atoms with E-state index < -0.39 is 6.10 Å². The molecular weight excluding hydrogens is 352 g/mol. The molecule has 0 saturated carbocycles. The first kappa shape index (κ1) is 17.0. The minimum absolute atomic E-state index is 0.234. The number of methoxy groups -OCH3 is 1. The van der Waals surface area contributed by atoms with Crippen LogP contribution < -0.4 is 29.6 Å². The Bertz CT molecular complexity index is 909. The number of hydrogen-bond donors (Lipinski definition) is 2. The van der Waals surface area contributed by atoms with Gasteiger partial charge in [0.05, 0.1) is 12.8 Å². The van der Waals surface area contributed by atoms with Gasteiger partial charge in [-0.2, -0.15) is 0 Å². The molecule has 8 nitrogen and oxygen atoms in total. The molecule has 2 heterocycles. The van der Waals surface area contributed by atoms with E-state index in [0.717, 1.165) is 0 Å². The summed E-state index contributed by atoms with van der Waals surface area (Å²) < 4.78 is 21.9. The van der Waals surface area contributed by atoms with Crippen LogP contribution in [0.3, 0.4) is 0 Å². The number of benzene rings is 2. The predicted octanol–water partition coefficient (Wildman–Crippen LogP) is 2.44. The highest BCUT2D eigenvalue weighted by Crippen LogP contribution is 2.40. The van der Waals surface area contributed by atoms with Crippen LogP contribution in [0.2, 0.25) is 0 Å². The van der Waals surface area contributed by atoms with Gasteiger partial charge in [0.2, 0.25) is 5.75 Å². The van der Waals surface area contributed by atoms with Crippen molar-refractivity contribution in [3.63, 3.8) is 0 Å². The Morgan fingerprint density at radius 2 is 2.00 bits per heavy atom. The molecule has 1 unspecified atom stereocenters. The third-order valence-electron chi connectivity index (χ3n) is 4.26. The quantitative estimate of drug-likeness (QED) is 0.862. The van der Waals surface area contributed by atoms with Crippen molar-refractivity contribution in [1.29, 1.82) is 0 Å². The topological polar surface area (TPSA) is 95.1 Å². The number of nitrogens with one attached hydrogen (secondary N) is 2. The SMILES string of the molecule is COc1cc(C(=O)Nc2ccc3c(c2)NC(=O)C(C)O3)cc2c1OCCO2. The van der Waals surface area contributed by atoms with E-state index >= 15 is 0 Å². The highest BCUT2D eigenvalue weighted by atomic mass is 16.6. The summed E-state index contributed by atoms with van der Waals surface area (Å²) in [4.78, 5) is 24.4. The van der Waals surface area contributed by atoms with Crippen LogP contribution in [0.15, 0.2) is 30.3 Å². The standard InChI is InChI=1S/C19H18N2O6/c1-10-18(22)21-13-9-12(3-4-14(13)27-10)20-19(23)11-7-15(24-2)17-16(8-11)25-5-6-26-17/h3-4,7-10H,5-6H2,1-2H3,(H,20,23)(H,21,22). The first-order valence-electron chi connectivity index (χ1n) is 8.45. The molecule has 2 amide bonds. The van der Waals surface area contributed by atoms with Gasteiger partial charge >= 0.3 is 0 Å². The van der Waals surface area contributed by atoms with Gasteiger partial charge in [-0.1, -0.05) is 0 Å². The maximum atomic E-state index is 12.7. The Balaban J connectivity index is 1.58. The molecule has 27 heavy (non-hydrogen) atoms. The first-order chi connectivity index (χ1) is 13.0. The van der Waals surface area contributed by atoms with Crippen molar-refractivity contribution in [2.45, 2.75) is 13.0 Å². The second kappa shape index (κ2) is 6.71. The molecule has 0 saturated heterocycles. The van der Waals surface area contributed by atoms with E-state index in [9.17, 15) is 9.59 Å². The molecular formula is C19H18N2O6. The monoisotopic (exact) mass is 370 g/mol. The van der Waals surface area contributed by atoms with Gasteiger partial charge < -0.3 is 29.6 Å². The average molecular weight is 370 g/mol. The number of carbonyl (C=O) groups excluding carboxylic acids is 2. The third-order valence-corrected chi connectivity index (χ3v) is 4.26. The van der Waals surface area contributed by atoms with Crippen LogP contribution in [0, 0.1) is 0 Å². The van der Waals surface area contributed by atoms with Gasteiger partial charge in [0.25, 0.3) is 11.8 Å². The maximum absolute atomic E-state index is 12.7. The van der Waals surface area contributed by atoms with Crippen molar-refractivity contribution in [2.75, 3.05) is 31.0 Å². The van der Waals surface area contributed by atoms with E-state index in [1.807, 2.05) is 0 Å². The molecule has 1 atom stereocenters. The molecule has 2 aliphatic rings. The molecule has 0 radical (unpaired) electrons. The summed E-state index contributed by atoms with van der Waals surface area (Å²) in [5, 5.41) is 5.55. The maximum Gasteiger partial charge on any atom is 0.265 e. The zero-order chi connectivity index (χ0) is 19.0. The number of hydrogen-bond acceptors (Lipinski definition) is 6. The van der Waals surface area contributed by atoms with Crippen molar-refractivity contribution in [2.24, 2.45) is 0 Å². The second-order valence-corrected chi connectivity index (χ2v) is 6.12. The van der Waals surface area contributed by atoms with Crippen LogP contribution in [0.1, 0.15) is 17.3 Å². The van der Waals surface area contributed by atoms with Gasteiger partial charge in [-0.25, -0.2) is 0 Å². The van der Waals surface area contributed by atoms with E-state index in [0.29, 0.717) is 53.2 Å². The normalized spacial score (nSPS) is 17.3. The van der Waals surface area contributed by atoms with Crippen LogP contribution in [-0.4, -0.2) is 38.2 Å². The molecule has 0 aliphatic carbocycles. The van der Waals surface area contributed by atoms with Crippen LogP contribution in [0.25, 0.3) is 0 Å². The van der Waals surface area contributed by atoms with E-state index in [1.54, 1.807) is 37.3 Å². The number of fused-ring (bicyclic) bond motifs is 2. The summed E-state index contributed by atoms with van der Waals surface area (Å²) in [5.74, 6) is 1.36. The fraction of sp³-hybridized carbons (Fsp3) is 0.263. The molecule has 0 fully saturated rings. The number of ether oxygens (including phenoxy) is 4. The molecule has 2 aromatic carbocycles. The Labute approximate surface area is 155 Å². The van der Waals surface area contributed by atoms with E-state index in [2.05, 4.69) is 10.6 Å². The highest BCUT2D eigenvalue weighted by molar-refractivity contribution is 6.06. The Hall–Kier alpha value is -3.42. The average Bonchev–Trinajstić information content (AvgIpc) is 2.68. The van der Waals surface area contributed by atoms with Gasteiger partial charge in [0.15, 0.2) is 17.6 Å². The predicted molar refractivity (Wildman–Crippen MR) is 97.1 cm³/mol. The summed E-state index contributed by atoms with van der Waals surface area (Å²) in [6.45, 7) is 2.50. The Morgan fingerprint density at radius 1 is 1.19 bits per heavy atom. The number of amides is 2. The summed E-state index contributed by atoms with van der Waals surface area (Å²) in [6, 6.07) is 8.25. The molecule has 0 aromatic heterocycles. The van der Waals surface area contributed by atoms with Crippen LogP contribution in [-0.2, 0) is 4.79 Å². The zero-order valence-corrected chi connectivity index (χ0v) is 14.8. The second-order valence-electron chi connectivity index (χ2n) is 6.12. The highest BCUT2D eigenvalue weighted by Gasteiger charge is 2.24. The van der Waals surface area contributed by atoms with Crippen molar-refractivity contribution >= 4 is 23.2 Å². The molecule has 140 valence electrons. The smallest absolute Gasteiger partial charge is 0.265 e. The summed E-state index contributed by atoms with van der Waals surface area (Å²) in [6.07, 6.45) is -0.553. The Morgan fingerprint density at radius 3 is 2.81 bits per heavy atom. The van der Waals surface area contributed by atoms with Crippen LogP contribution in [0.4, 0.5) is 11.4 Å². The molecule has 0 spiro atoms. The summed E-state index contributed by atoms with van der Waals surface area (Å²) >= 11 is 0. The fourth-order valence-electron chi connectivity index (χ4n) is 2.89. The van der Waals surface area contributed by atoms with Gasteiger partial charge in [0, 0.05) is 11.3 Å². The largest absolute Gasteiger partial charge is 0.493 e. The van der Waals surface area contributed by atoms with E-state index in [4.69, 9.17) is 18.9 Å². The third kappa shape index (κ3) is 3.21. The van der Waals surface area contributed by atoms with Gasteiger partial charge in [-0.15, -0.1) is 0 Å². The van der Waals surface area contributed by atoms with Crippen molar-refractivity contribution < 1.29 is 28.5 Å². The lowest BCUT2D eigenvalue weighted by molar-refractivity contribution is -0.122. The van der Waals surface area contributed by atoms with Crippen LogP contribution in [0.5, 0.6) is 23.0 Å². The molecule has 0 bridgehead atoms. The number of carbonyl (C=O) groups is 2. The minimum Gasteiger partial charge on any atom is -0.493 e. The molecule has 8 heteroatoms. The summed E-state index contributed by atoms with van der Waals surface area (Å²) in [5.41, 5.74) is 1.39. The Kier molecular flexibility index (Phi) is 4.23. The van der Waals surface area contributed by atoms with E-state index in [1.165, 1.54) is 7.11 Å². The lowest BCUT2D eigenvalue weighted by atomic mass is 10.1. The first-order valence-corrected chi connectivity index (χ1v) is 8.45. The lowest BCUT2D eigenvalue weighted by Gasteiger charge is -2.24.